The topological polar surface area (TPSA) is 35.8 Å². The number of aliphatic hydroxyl groups is 1. The Balaban J connectivity index is 1.77. The molecule has 1 aliphatic heterocycles. The molecule has 25 heavy (non-hydrogen) atoms. The molecule has 0 fully saturated rings. The van der Waals surface area contributed by atoms with Crippen LogP contribution in [0.2, 0.25) is 0 Å². The van der Waals surface area contributed by atoms with Gasteiger partial charge in [-0.25, -0.2) is 0 Å². The number of hydrogen-bond donors (Lipinski definition) is 1. The zero-order valence-electron chi connectivity index (χ0n) is 16.7. The van der Waals surface area contributed by atoms with Crippen LogP contribution in [0.15, 0.2) is 17.6 Å². The van der Waals surface area contributed by atoms with Gasteiger partial charge in [-0.1, -0.05) is 76.7 Å². The molecule has 146 valence electrons. The fourth-order valence-corrected chi connectivity index (χ4v) is 3.67. The molecule has 0 aliphatic carbocycles. The second-order valence-corrected chi connectivity index (χ2v) is 7.60. The zero-order valence-corrected chi connectivity index (χ0v) is 16.7. The number of hydrogen-bond acceptors (Lipinski definition) is 3. The third kappa shape index (κ3) is 11.5. The Labute approximate surface area is 156 Å². The van der Waals surface area contributed by atoms with E-state index in [4.69, 9.17) is 0 Å². The molecule has 2 atom stereocenters. The molecule has 3 nitrogen and oxygen atoms in total. The van der Waals surface area contributed by atoms with Crippen molar-refractivity contribution in [3.8, 4) is 0 Å². The van der Waals surface area contributed by atoms with E-state index in [0.717, 1.165) is 13.0 Å². The third-order valence-electron chi connectivity index (χ3n) is 5.30. The Hall–Kier alpha value is -0.670. The molecule has 0 amide bonds. The highest BCUT2D eigenvalue weighted by molar-refractivity contribution is 5.62. The maximum atomic E-state index is 9.69. The summed E-state index contributed by atoms with van der Waals surface area (Å²) in [7, 11) is 0. The van der Waals surface area contributed by atoms with Gasteiger partial charge in [-0.3, -0.25) is 9.89 Å². The average molecular weight is 351 g/mol. The van der Waals surface area contributed by atoms with Crippen LogP contribution in [0.5, 0.6) is 0 Å². The van der Waals surface area contributed by atoms with Gasteiger partial charge in [0, 0.05) is 12.8 Å². The summed E-state index contributed by atoms with van der Waals surface area (Å²) in [6.45, 7) is 6.41. The molecule has 1 heterocycles. The molecule has 0 aromatic heterocycles. The van der Waals surface area contributed by atoms with Gasteiger partial charge in [-0.05, 0) is 32.6 Å². The Morgan fingerprint density at radius 2 is 1.44 bits per heavy atom. The Bertz CT molecular complexity index is 341. The lowest BCUT2D eigenvalue weighted by atomic mass is 10.0. The molecule has 3 heteroatoms. The second-order valence-electron chi connectivity index (χ2n) is 7.60. The van der Waals surface area contributed by atoms with Gasteiger partial charge in [0.2, 0.25) is 0 Å². The van der Waals surface area contributed by atoms with Gasteiger partial charge in [0.15, 0.2) is 0 Å². The Morgan fingerprint density at radius 1 is 0.960 bits per heavy atom. The van der Waals surface area contributed by atoms with E-state index in [2.05, 4.69) is 16.5 Å². The lowest BCUT2D eigenvalue weighted by molar-refractivity contribution is 0.00710. The molecule has 0 saturated carbocycles. The fourth-order valence-electron chi connectivity index (χ4n) is 3.67. The molecule has 0 radical (unpaired) electrons. The average Bonchev–Trinajstić information content (AvgIpc) is 3.07. The number of allylic oxidation sites excluding steroid dienone is 1. The molecule has 1 aliphatic rings. The predicted molar refractivity (Wildman–Crippen MR) is 110 cm³/mol. The first-order chi connectivity index (χ1) is 12.3. The second kappa shape index (κ2) is 15.6. The molecule has 0 aromatic carbocycles. The lowest BCUT2D eigenvalue weighted by Gasteiger charge is -2.25. The maximum absolute atomic E-state index is 9.69. The van der Waals surface area contributed by atoms with E-state index in [1.54, 1.807) is 0 Å². The number of rotatable bonds is 17. The SMILES string of the molecule is C=CCCCCCCCCCCCCCCCC1N=CCN1C(C)O. The van der Waals surface area contributed by atoms with Crippen LogP contribution in [0.1, 0.15) is 103 Å². The van der Waals surface area contributed by atoms with Gasteiger partial charge in [-0.2, -0.15) is 0 Å². The van der Waals surface area contributed by atoms with E-state index in [-0.39, 0.29) is 12.4 Å². The molecule has 1 rings (SSSR count). The van der Waals surface area contributed by atoms with Crippen molar-refractivity contribution in [2.75, 3.05) is 6.54 Å². The summed E-state index contributed by atoms with van der Waals surface area (Å²) in [5, 5.41) is 9.69. The monoisotopic (exact) mass is 350 g/mol. The van der Waals surface area contributed by atoms with E-state index < -0.39 is 0 Å². The van der Waals surface area contributed by atoms with Crippen molar-refractivity contribution in [2.24, 2.45) is 4.99 Å². The van der Waals surface area contributed by atoms with Crippen LogP contribution in [0.3, 0.4) is 0 Å². The lowest BCUT2D eigenvalue weighted by Crippen LogP contribution is -2.37. The summed E-state index contributed by atoms with van der Waals surface area (Å²) in [5.74, 6) is 0. The summed E-state index contributed by atoms with van der Waals surface area (Å²) in [6, 6.07) is 0. The predicted octanol–water partition coefficient (Wildman–Crippen LogP) is 6.07. The standard InChI is InChI=1S/C22H42N2O/c1-3-4-5-6-7-8-9-10-11-12-13-14-15-16-17-18-22-23-19-20-24(22)21(2)25/h3,19,21-22,25H,1,4-18,20H2,2H3. The van der Waals surface area contributed by atoms with Crippen molar-refractivity contribution in [1.29, 1.82) is 0 Å². The van der Waals surface area contributed by atoms with Crippen LogP contribution in [0.4, 0.5) is 0 Å². The minimum Gasteiger partial charge on any atom is -0.379 e. The maximum Gasteiger partial charge on any atom is 0.106 e. The normalized spacial score (nSPS) is 18.7. The van der Waals surface area contributed by atoms with Crippen molar-refractivity contribution in [1.82, 2.24) is 4.90 Å². The molecule has 0 aromatic rings. The highest BCUT2D eigenvalue weighted by Crippen LogP contribution is 2.18. The number of nitrogens with zero attached hydrogens (tertiary/aromatic N) is 2. The first kappa shape index (κ1) is 22.4. The van der Waals surface area contributed by atoms with Gasteiger partial charge in [0.05, 0.1) is 0 Å². The van der Waals surface area contributed by atoms with Crippen LogP contribution in [-0.4, -0.2) is 35.2 Å². The van der Waals surface area contributed by atoms with E-state index in [1.807, 2.05) is 19.2 Å². The van der Waals surface area contributed by atoms with Gasteiger partial charge in [0.1, 0.15) is 12.4 Å². The van der Waals surface area contributed by atoms with E-state index in [0.29, 0.717) is 0 Å². The number of aliphatic hydroxyl groups excluding tert-OH is 1. The largest absolute Gasteiger partial charge is 0.379 e. The zero-order chi connectivity index (χ0) is 18.2. The third-order valence-corrected chi connectivity index (χ3v) is 5.30. The summed E-state index contributed by atoms with van der Waals surface area (Å²) in [4.78, 5) is 6.55. The highest BCUT2D eigenvalue weighted by atomic mass is 16.3. The quantitative estimate of drug-likeness (QED) is 0.255. The van der Waals surface area contributed by atoms with Crippen LogP contribution < -0.4 is 0 Å². The first-order valence-electron chi connectivity index (χ1n) is 10.8. The summed E-state index contributed by atoms with van der Waals surface area (Å²) < 4.78 is 0. The van der Waals surface area contributed by atoms with Crippen molar-refractivity contribution >= 4 is 6.21 Å². The Kier molecular flexibility index (Phi) is 13.9. The molecule has 2 unspecified atom stereocenters. The summed E-state index contributed by atoms with van der Waals surface area (Å²) in [6.07, 6.45) is 24.0. The smallest absolute Gasteiger partial charge is 0.106 e. The van der Waals surface area contributed by atoms with Gasteiger partial charge < -0.3 is 5.11 Å². The van der Waals surface area contributed by atoms with Crippen molar-refractivity contribution in [2.45, 2.75) is 116 Å². The van der Waals surface area contributed by atoms with Gasteiger partial charge >= 0.3 is 0 Å². The number of aliphatic imine (C=N–C) groups is 1. The van der Waals surface area contributed by atoms with Crippen molar-refractivity contribution < 1.29 is 5.11 Å². The Morgan fingerprint density at radius 3 is 1.92 bits per heavy atom. The van der Waals surface area contributed by atoms with Crippen LogP contribution in [0, 0.1) is 0 Å². The van der Waals surface area contributed by atoms with E-state index in [1.165, 1.54) is 89.9 Å². The van der Waals surface area contributed by atoms with Gasteiger partial charge in [-0.15, -0.1) is 6.58 Å². The van der Waals surface area contributed by atoms with Crippen LogP contribution >= 0.6 is 0 Å². The molecule has 0 bridgehead atoms. The summed E-state index contributed by atoms with van der Waals surface area (Å²) >= 11 is 0. The molecular weight excluding hydrogens is 308 g/mol. The number of unbranched alkanes of at least 4 members (excludes halogenated alkanes) is 13. The van der Waals surface area contributed by atoms with Crippen molar-refractivity contribution in [3.05, 3.63) is 12.7 Å². The van der Waals surface area contributed by atoms with Crippen molar-refractivity contribution in [3.63, 3.8) is 0 Å². The molecule has 0 spiro atoms. The van der Waals surface area contributed by atoms with Crippen LogP contribution in [-0.2, 0) is 0 Å². The summed E-state index contributed by atoms with van der Waals surface area (Å²) in [5.41, 5.74) is 0. The minimum absolute atomic E-state index is 0.219. The van der Waals surface area contributed by atoms with Gasteiger partial charge in [0.25, 0.3) is 0 Å². The van der Waals surface area contributed by atoms with Crippen LogP contribution in [0.25, 0.3) is 0 Å². The first-order valence-corrected chi connectivity index (χ1v) is 10.8. The fraction of sp³-hybridized carbons (Fsp3) is 0.864. The van der Waals surface area contributed by atoms with E-state index in [9.17, 15) is 5.11 Å². The van der Waals surface area contributed by atoms with E-state index >= 15 is 0 Å². The molecular formula is C22H42N2O. The minimum atomic E-state index is -0.375. The molecule has 1 N–H and O–H groups in total. The highest BCUT2D eigenvalue weighted by Gasteiger charge is 2.23. The molecule has 0 saturated heterocycles.